The molecule has 0 aliphatic heterocycles. The normalized spacial score (nSPS) is 13.7. The number of phosphoric acid groups is 1. The molecule has 0 aromatic carbocycles. The average molecular weight is 739 g/mol. The third kappa shape index (κ3) is 38.8. The Morgan fingerprint density at radius 1 is 0.608 bits per heavy atom. The van der Waals surface area contributed by atoms with E-state index in [1.54, 1.807) is 12.2 Å². The maximum Gasteiger partial charge on any atom is 0.469 e. The van der Waals surface area contributed by atoms with Gasteiger partial charge in [0, 0.05) is 12.8 Å². The van der Waals surface area contributed by atoms with Gasteiger partial charge in [-0.2, -0.15) is 0 Å². The van der Waals surface area contributed by atoms with E-state index in [1.165, 1.54) is 57.8 Å². The predicted molar refractivity (Wildman–Crippen MR) is 208 cm³/mol. The molecule has 0 radical (unpaired) electrons. The fourth-order valence-electron chi connectivity index (χ4n) is 5.12. The van der Waals surface area contributed by atoms with E-state index in [-0.39, 0.29) is 19.4 Å². The zero-order valence-corrected chi connectivity index (χ0v) is 32.7. The first-order chi connectivity index (χ1) is 24.7. The van der Waals surface area contributed by atoms with Gasteiger partial charge in [-0.1, -0.05) is 139 Å². The van der Waals surface area contributed by atoms with Gasteiger partial charge in [-0.15, -0.1) is 0 Å². The second kappa shape index (κ2) is 36.1. The van der Waals surface area contributed by atoms with Gasteiger partial charge < -0.3 is 24.4 Å². The first-order valence-corrected chi connectivity index (χ1v) is 21.2. The van der Waals surface area contributed by atoms with Gasteiger partial charge in [-0.3, -0.25) is 14.1 Å². The highest BCUT2D eigenvalue weighted by Crippen LogP contribution is 2.36. The van der Waals surface area contributed by atoms with Crippen LogP contribution in [0.25, 0.3) is 0 Å². The van der Waals surface area contributed by atoms with Gasteiger partial charge in [0.2, 0.25) is 0 Å². The van der Waals surface area contributed by atoms with E-state index in [1.807, 2.05) is 12.2 Å². The van der Waals surface area contributed by atoms with Crippen molar-refractivity contribution in [3.8, 4) is 0 Å². The van der Waals surface area contributed by atoms with Crippen molar-refractivity contribution in [2.75, 3.05) is 13.2 Å². The van der Waals surface area contributed by atoms with E-state index in [9.17, 15) is 19.3 Å². The molecule has 294 valence electrons. The van der Waals surface area contributed by atoms with Crippen LogP contribution in [-0.4, -0.2) is 52.3 Å². The number of carbonyl (C=O) groups excluding carboxylic acids is 2. The molecule has 0 amide bonds. The summed E-state index contributed by atoms with van der Waals surface area (Å²) in [6.07, 6.45) is 41.1. The summed E-state index contributed by atoms with van der Waals surface area (Å²) in [7, 11) is -4.81. The van der Waals surface area contributed by atoms with Crippen LogP contribution in [0.3, 0.4) is 0 Å². The van der Waals surface area contributed by atoms with Crippen LogP contribution < -0.4 is 0 Å². The number of phosphoric ester groups is 1. The lowest BCUT2D eigenvalue weighted by Gasteiger charge is -2.18. The molecule has 2 atom stereocenters. The van der Waals surface area contributed by atoms with Crippen molar-refractivity contribution in [3.05, 3.63) is 60.8 Å². The number of esters is 2. The standard InChI is InChI=1S/C41H71O9P/c1-3-5-7-9-11-13-15-17-18-20-22-24-26-28-30-34-40(43)48-36-39(37-49-51(45,46)47)50-41(44)35-31-33-38(42)32-29-27-25-23-21-19-16-14-12-10-8-6-4-2/h11,13,17-19,21,25,27,29,32,38-39,42H,3-10,12,14-16,20,22-24,26,28,30-31,33-37H2,1-2H3,(H2,45,46,47)/b13-11-,18-17-,21-19+,27-25+,32-29+/t38?,39-/m1/s1. The Morgan fingerprint density at radius 2 is 1.12 bits per heavy atom. The molecule has 0 aromatic heterocycles. The zero-order chi connectivity index (χ0) is 37.7. The monoisotopic (exact) mass is 738 g/mol. The molecule has 0 aliphatic carbocycles. The van der Waals surface area contributed by atoms with E-state index >= 15 is 0 Å². The van der Waals surface area contributed by atoms with Crippen molar-refractivity contribution >= 4 is 19.8 Å². The van der Waals surface area contributed by atoms with E-state index in [4.69, 9.17) is 19.3 Å². The first-order valence-electron chi connectivity index (χ1n) is 19.7. The van der Waals surface area contributed by atoms with Crippen LogP contribution in [0.4, 0.5) is 0 Å². The van der Waals surface area contributed by atoms with Crippen molar-refractivity contribution in [1.29, 1.82) is 0 Å². The molecule has 0 aliphatic rings. The molecule has 0 saturated carbocycles. The SMILES string of the molecule is CCCCC/C=C\C/C=C\CCCCCCCC(=O)OC[C@H](COP(=O)(O)O)OC(=O)CCCC(O)/C=C/C=C/C/C=C/CCCCCCCC. The van der Waals surface area contributed by atoms with E-state index in [2.05, 4.69) is 54.8 Å². The third-order valence-electron chi connectivity index (χ3n) is 8.11. The highest BCUT2D eigenvalue weighted by Gasteiger charge is 2.23. The molecular formula is C41H71O9P. The Labute approximate surface area is 309 Å². The maximum absolute atomic E-state index is 12.4. The summed E-state index contributed by atoms with van der Waals surface area (Å²) in [6.45, 7) is 3.46. The third-order valence-corrected chi connectivity index (χ3v) is 8.60. The van der Waals surface area contributed by atoms with Crippen LogP contribution in [0.15, 0.2) is 60.8 Å². The number of ether oxygens (including phenoxy) is 2. The summed E-state index contributed by atoms with van der Waals surface area (Å²) >= 11 is 0. The van der Waals surface area contributed by atoms with Crippen LogP contribution >= 0.6 is 7.82 Å². The van der Waals surface area contributed by atoms with Crippen LogP contribution in [0, 0.1) is 0 Å². The van der Waals surface area contributed by atoms with Crippen molar-refractivity contribution in [2.24, 2.45) is 0 Å². The second-order valence-electron chi connectivity index (χ2n) is 13.1. The number of allylic oxidation sites excluding steroid dienone is 9. The Hall–Kier alpha value is -2.29. The minimum absolute atomic E-state index is 0.0174. The Morgan fingerprint density at radius 3 is 1.73 bits per heavy atom. The van der Waals surface area contributed by atoms with Gasteiger partial charge in [0.15, 0.2) is 6.10 Å². The summed E-state index contributed by atoms with van der Waals surface area (Å²) in [6, 6.07) is 0. The molecule has 0 aromatic rings. The quantitative estimate of drug-likeness (QED) is 0.0190. The largest absolute Gasteiger partial charge is 0.469 e. The number of aliphatic hydroxyl groups excluding tert-OH is 1. The molecule has 10 heteroatoms. The molecular weight excluding hydrogens is 667 g/mol. The Bertz CT molecular complexity index is 1030. The summed E-state index contributed by atoms with van der Waals surface area (Å²) in [4.78, 5) is 42.8. The molecule has 3 N–H and O–H groups in total. The number of unbranched alkanes of at least 4 members (excludes halogenated alkanes) is 14. The lowest BCUT2D eigenvalue weighted by molar-refractivity contribution is -0.161. The molecule has 0 heterocycles. The minimum atomic E-state index is -4.81. The molecule has 1 unspecified atom stereocenters. The topological polar surface area (TPSA) is 140 Å². The average Bonchev–Trinajstić information content (AvgIpc) is 3.09. The number of rotatable bonds is 35. The van der Waals surface area contributed by atoms with Gasteiger partial charge in [-0.25, -0.2) is 4.57 Å². The van der Waals surface area contributed by atoms with E-state index in [0.29, 0.717) is 19.3 Å². The van der Waals surface area contributed by atoms with Crippen LogP contribution in [-0.2, 0) is 28.2 Å². The number of hydrogen-bond donors (Lipinski definition) is 3. The summed E-state index contributed by atoms with van der Waals surface area (Å²) < 4.78 is 26.2. The highest BCUT2D eigenvalue weighted by molar-refractivity contribution is 7.46. The predicted octanol–water partition coefficient (Wildman–Crippen LogP) is 10.7. The van der Waals surface area contributed by atoms with Crippen LogP contribution in [0.1, 0.15) is 162 Å². The van der Waals surface area contributed by atoms with Gasteiger partial charge in [0.25, 0.3) is 0 Å². The summed E-state index contributed by atoms with van der Waals surface area (Å²) in [5, 5.41) is 10.2. The lowest BCUT2D eigenvalue weighted by Crippen LogP contribution is -2.29. The molecule has 0 bridgehead atoms. The molecule has 0 rings (SSSR count). The molecule has 0 spiro atoms. The van der Waals surface area contributed by atoms with Crippen LogP contribution in [0.5, 0.6) is 0 Å². The maximum atomic E-state index is 12.4. The fourth-order valence-corrected chi connectivity index (χ4v) is 5.48. The van der Waals surface area contributed by atoms with Crippen molar-refractivity contribution in [1.82, 2.24) is 0 Å². The van der Waals surface area contributed by atoms with Gasteiger partial charge in [0.1, 0.15) is 6.61 Å². The van der Waals surface area contributed by atoms with Crippen molar-refractivity contribution < 1.29 is 43.0 Å². The molecule has 0 saturated heterocycles. The smallest absolute Gasteiger partial charge is 0.462 e. The summed E-state index contributed by atoms with van der Waals surface area (Å²) in [5.74, 6) is -1.10. The minimum Gasteiger partial charge on any atom is -0.462 e. The Balaban J connectivity index is 4.19. The Kier molecular flexibility index (Phi) is 34.5. The summed E-state index contributed by atoms with van der Waals surface area (Å²) in [5.41, 5.74) is 0. The number of carbonyl (C=O) groups is 2. The first kappa shape index (κ1) is 48.7. The van der Waals surface area contributed by atoms with Crippen molar-refractivity contribution in [2.45, 2.75) is 174 Å². The van der Waals surface area contributed by atoms with Gasteiger partial charge in [0.05, 0.1) is 12.7 Å². The zero-order valence-electron chi connectivity index (χ0n) is 31.8. The molecule has 0 fully saturated rings. The second-order valence-corrected chi connectivity index (χ2v) is 14.3. The number of hydrogen-bond acceptors (Lipinski definition) is 7. The van der Waals surface area contributed by atoms with Crippen LogP contribution in [0.2, 0.25) is 0 Å². The van der Waals surface area contributed by atoms with Gasteiger partial charge >= 0.3 is 19.8 Å². The van der Waals surface area contributed by atoms with E-state index in [0.717, 1.165) is 57.8 Å². The fraction of sp³-hybridized carbons (Fsp3) is 0.707. The molecule has 9 nitrogen and oxygen atoms in total. The van der Waals surface area contributed by atoms with E-state index < -0.39 is 38.6 Å². The van der Waals surface area contributed by atoms with Crippen molar-refractivity contribution in [3.63, 3.8) is 0 Å². The highest BCUT2D eigenvalue weighted by atomic mass is 31.2. The van der Waals surface area contributed by atoms with Gasteiger partial charge in [-0.05, 0) is 70.6 Å². The lowest BCUT2D eigenvalue weighted by atomic mass is 10.1. The molecule has 51 heavy (non-hydrogen) atoms. The number of aliphatic hydroxyl groups is 1.